The molecule has 0 N–H and O–H groups in total. The Hall–Kier alpha value is 0.868. The van der Waals surface area contributed by atoms with Crippen LogP contribution in [0.15, 0.2) is 0 Å². The molecule has 0 spiro atoms. The minimum Gasteiger partial charge on any atom is -0.0680 e. The summed E-state index contributed by atoms with van der Waals surface area (Å²) in [6.45, 7) is 23.4. The Morgan fingerprint density at radius 1 is 0.364 bits per heavy atom. The molecule has 0 rings (SSSR count). The van der Waals surface area contributed by atoms with E-state index < -0.39 is 30.1 Å². The molecule has 0 amide bonds. The highest BCUT2D eigenvalue weighted by molar-refractivity contribution is 7.82. The van der Waals surface area contributed by atoms with Crippen LogP contribution >= 0.6 is 0 Å². The van der Waals surface area contributed by atoms with Crippen molar-refractivity contribution < 1.29 is 0 Å². The molecule has 0 aromatic carbocycles. The average Bonchev–Trinajstić information content (AvgIpc) is 2.60. The Morgan fingerprint density at radius 2 is 0.500 bits per heavy atom. The van der Waals surface area contributed by atoms with E-state index >= 15 is 0 Å². The van der Waals surface area contributed by atoms with Crippen molar-refractivity contribution in [3.8, 4) is 0 Å². The molecule has 0 nitrogen and oxygen atoms in total. The third kappa shape index (κ3) is 3.92. The van der Waals surface area contributed by atoms with Crippen LogP contribution in [0.1, 0.15) is 62.3 Å². The van der Waals surface area contributed by atoms with E-state index in [0.29, 0.717) is 0 Å². The van der Waals surface area contributed by atoms with Crippen LogP contribution in [0, 0.1) is 0 Å². The predicted octanol–water partition coefficient (Wildman–Crippen LogP) is 6.97. The van der Waals surface area contributed by atoms with Crippen molar-refractivity contribution in [3.05, 3.63) is 0 Å². The van der Waals surface area contributed by atoms with Crippen molar-refractivity contribution in [3.63, 3.8) is 0 Å². The summed E-state index contributed by atoms with van der Waals surface area (Å²) < 4.78 is 0. The minimum absolute atomic E-state index is 0.569. The van der Waals surface area contributed by atoms with Crippen LogP contribution in [0.5, 0.6) is 0 Å². The van der Waals surface area contributed by atoms with Gasteiger partial charge in [-0.25, -0.2) is 0 Å². The molecule has 0 saturated carbocycles. The summed E-state index contributed by atoms with van der Waals surface area (Å²) in [5.74, 6) is 0. The molecular formula is C18H46Si4. The van der Waals surface area contributed by atoms with Gasteiger partial charge >= 0.3 is 0 Å². The zero-order chi connectivity index (χ0) is 17.4. The van der Waals surface area contributed by atoms with Gasteiger partial charge in [0.05, 0.1) is 0 Å². The fourth-order valence-electron chi connectivity index (χ4n) is 6.04. The van der Waals surface area contributed by atoms with E-state index in [4.69, 9.17) is 0 Å². The molecular weight excluding hydrogens is 329 g/mol. The molecule has 0 aliphatic rings. The summed E-state index contributed by atoms with van der Waals surface area (Å²) in [6, 6.07) is 14.5. The van der Waals surface area contributed by atoms with Gasteiger partial charge in [-0.2, -0.15) is 0 Å². The molecule has 134 valence electrons. The van der Waals surface area contributed by atoms with E-state index in [9.17, 15) is 0 Å². The largest absolute Gasteiger partial charge is 0.0680 e. The molecule has 0 unspecified atom stereocenters. The maximum absolute atomic E-state index is 2.60. The first-order chi connectivity index (χ1) is 10.4. The van der Waals surface area contributed by atoms with Gasteiger partial charge in [-0.05, 0) is 0 Å². The van der Waals surface area contributed by atoms with Gasteiger partial charge in [0.15, 0.2) is 0 Å². The van der Waals surface area contributed by atoms with E-state index in [0.717, 1.165) is 0 Å². The molecule has 0 aromatic rings. The second kappa shape index (κ2) is 9.99. The van der Waals surface area contributed by atoms with Crippen molar-refractivity contribution in [2.75, 3.05) is 0 Å². The third-order valence-corrected chi connectivity index (χ3v) is 79.6. The lowest BCUT2D eigenvalue weighted by atomic mass is 10.9. The zero-order valence-electron chi connectivity index (χ0n) is 17.4. The Labute approximate surface area is 146 Å². The SMILES string of the molecule is CC[Si](CC)(CC)[SiH]([Si](CC)(CC)CC)[Si](CC)(CC)CC. The Morgan fingerprint density at radius 3 is 0.591 bits per heavy atom. The van der Waals surface area contributed by atoms with Crippen LogP contribution < -0.4 is 0 Å². The summed E-state index contributed by atoms with van der Waals surface area (Å²) in [7, 11) is -3.51. The van der Waals surface area contributed by atoms with E-state index in [1.165, 1.54) is 0 Å². The molecule has 0 radical (unpaired) electrons. The Bertz CT molecular complexity index is 219. The van der Waals surface area contributed by atoms with Gasteiger partial charge in [-0.1, -0.05) is 117 Å². The van der Waals surface area contributed by atoms with Crippen LogP contribution in [-0.4, -0.2) is 30.1 Å². The Balaban J connectivity index is 6.42. The van der Waals surface area contributed by atoms with Crippen molar-refractivity contribution in [2.24, 2.45) is 0 Å². The van der Waals surface area contributed by atoms with Crippen LogP contribution in [0.4, 0.5) is 0 Å². The molecule has 0 fully saturated rings. The predicted molar refractivity (Wildman–Crippen MR) is 119 cm³/mol. The smallest absolute Gasteiger partial charge is 0.0383 e. The Kier molecular flexibility index (Phi) is 10.4. The molecule has 0 aliphatic heterocycles. The summed E-state index contributed by atoms with van der Waals surface area (Å²) in [5, 5.41) is 0. The molecule has 0 saturated heterocycles. The first-order valence-corrected chi connectivity index (χ1v) is 23.7. The minimum atomic E-state index is -0.981. The van der Waals surface area contributed by atoms with Crippen LogP contribution in [0.3, 0.4) is 0 Å². The molecule has 4 heteroatoms. The van der Waals surface area contributed by atoms with Gasteiger partial charge in [0.25, 0.3) is 0 Å². The molecule has 0 aliphatic carbocycles. The van der Waals surface area contributed by atoms with Crippen molar-refractivity contribution in [2.45, 2.75) is 117 Å². The second-order valence-corrected chi connectivity index (χ2v) is 44.5. The molecule has 0 heterocycles. The van der Waals surface area contributed by atoms with Gasteiger partial charge in [0.2, 0.25) is 0 Å². The van der Waals surface area contributed by atoms with Crippen molar-refractivity contribution in [1.29, 1.82) is 0 Å². The number of hydrogen-bond acceptors (Lipinski definition) is 0. The molecule has 0 aromatic heterocycles. The third-order valence-electron chi connectivity index (χ3n) is 8.17. The first-order valence-electron chi connectivity index (χ1n) is 10.4. The maximum atomic E-state index is 2.60. The molecule has 0 bridgehead atoms. The standard InChI is InChI=1S/C18H46Si4/c1-10-20(11-2,12-3)19(21(13-4,14-5)15-6)22(16-7,17-8)18-9/h19H,10-18H2,1-9H3. The summed E-state index contributed by atoms with van der Waals surface area (Å²) in [4.78, 5) is 0. The van der Waals surface area contributed by atoms with E-state index in [-0.39, 0.29) is 0 Å². The highest BCUT2D eigenvalue weighted by Gasteiger charge is 2.57. The van der Waals surface area contributed by atoms with Gasteiger partial charge in [-0.15, -0.1) is 0 Å². The van der Waals surface area contributed by atoms with Crippen LogP contribution in [0.25, 0.3) is 0 Å². The highest BCUT2D eigenvalue weighted by atomic mass is 29.9. The quantitative estimate of drug-likeness (QED) is 0.323. The lowest BCUT2D eigenvalue weighted by Crippen LogP contribution is -2.77. The van der Waals surface area contributed by atoms with E-state index in [1.807, 2.05) is 0 Å². The average molecular weight is 375 g/mol. The monoisotopic (exact) mass is 374 g/mol. The van der Waals surface area contributed by atoms with Crippen molar-refractivity contribution >= 4 is 30.1 Å². The van der Waals surface area contributed by atoms with Gasteiger partial charge in [0.1, 0.15) is 0 Å². The lowest BCUT2D eigenvalue weighted by Gasteiger charge is -2.56. The zero-order valence-corrected chi connectivity index (χ0v) is 21.6. The normalized spacial score (nSPS) is 13.9. The topological polar surface area (TPSA) is 0 Å². The number of rotatable bonds is 12. The van der Waals surface area contributed by atoms with E-state index in [2.05, 4.69) is 62.3 Å². The fourth-order valence-corrected chi connectivity index (χ4v) is 109. The van der Waals surface area contributed by atoms with Crippen molar-refractivity contribution in [1.82, 2.24) is 0 Å². The summed E-state index contributed by atoms with van der Waals surface area (Å²) >= 11 is 0. The molecule has 22 heavy (non-hydrogen) atoms. The van der Waals surface area contributed by atoms with Gasteiger partial charge in [-0.3, -0.25) is 0 Å². The lowest BCUT2D eigenvalue weighted by molar-refractivity contribution is 1.18. The van der Waals surface area contributed by atoms with Crippen LogP contribution in [0.2, 0.25) is 54.4 Å². The fraction of sp³-hybridized carbons (Fsp3) is 1.00. The maximum Gasteiger partial charge on any atom is 0.0383 e. The van der Waals surface area contributed by atoms with Gasteiger partial charge < -0.3 is 0 Å². The summed E-state index contributed by atoms with van der Waals surface area (Å²) in [5.41, 5.74) is 0. The number of hydrogen-bond donors (Lipinski definition) is 0. The first kappa shape index (κ1) is 22.9. The van der Waals surface area contributed by atoms with E-state index in [1.54, 1.807) is 54.4 Å². The molecule has 0 atom stereocenters. The summed E-state index contributed by atoms with van der Waals surface area (Å²) in [6.07, 6.45) is 0. The highest BCUT2D eigenvalue weighted by Crippen LogP contribution is 2.42. The van der Waals surface area contributed by atoms with Crippen LogP contribution in [-0.2, 0) is 0 Å². The van der Waals surface area contributed by atoms with Gasteiger partial charge in [0, 0.05) is 30.1 Å². The second-order valence-electron chi connectivity index (χ2n) is 7.70.